The van der Waals surface area contributed by atoms with Crippen LogP contribution in [0.25, 0.3) is 0 Å². The standard InChI is InChI=1S/C37H35ClN2O8S2/c1-46-33-28(30(41)21-48-27-14-10-23(11-15-27)19-31-34(42)39-36(44)49-31)6-3-7-29(33)40-35(43)32(50-37(40)45)20-24-8-12-26(13-9-24)47-17-16-22-4-2-5-25(38)18-22/h2-15,18,30-32,36,41,44H,16-17,19-21H2,1H3,(H,39,42). The maximum Gasteiger partial charge on any atom is 0.293 e. The van der Waals surface area contributed by atoms with Crippen molar-refractivity contribution in [2.75, 3.05) is 25.2 Å². The van der Waals surface area contributed by atoms with E-state index in [0.29, 0.717) is 48.0 Å². The van der Waals surface area contributed by atoms with Crippen molar-refractivity contribution in [2.45, 2.75) is 41.4 Å². The highest BCUT2D eigenvalue weighted by Gasteiger charge is 2.42. The summed E-state index contributed by atoms with van der Waals surface area (Å²) in [6.45, 7) is 0.371. The average molecular weight is 735 g/mol. The summed E-state index contributed by atoms with van der Waals surface area (Å²) in [5, 5.41) is 22.4. The van der Waals surface area contributed by atoms with Gasteiger partial charge in [0.15, 0.2) is 5.56 Å². The summed E-state index contributed by atoms with van der Waals surface area (Å²) in [7, 11) is 1.42. The number of benzene rings is 4. The largest absolute Gasteiger partial charge is 0.494 e. The second-order valence-corrected chi connectivity index (χ2v) is 14.6. The van der Waals surface area contributed by atoms with Crippen LogP contribution in [0.2, 0.25) is 5.02 Å². The number of thioether (sulfide) groups is 2. The molecule has 0 spiro atoms. The fourth-order valence-corrected chi connectivity index (χ4v) is 7.94. The molecule has 4 aromatic carbocycles. The minimum Gasteiger partial charge on any atom is -0.494 e. The number of carbonyl (C=O) groups excluding carboxylic acids is 3. The Balaban J connectivity index is 1.05. The topological polar surface area (TPSA) is 135 Å². The van der Waals surface area contributed by atoms with Crippen molar-refractivity contribution in [1.29, 1.82) is 0 Å². The Hall–Kier alpha value is -4.20. The normalized spacial score (nSPS) is 19.4. The maximum absolute atomic E-state index is 13.6. The highest BCUT2D eigenvalue weighted by Crippen LogP contribution is 2.41. The number of ether oxygens (including phenoxy) is 3. The third-order valence-electron chi connectivity index (χ3n) is 8.25. The average Bonchev–Trinajstić information content (AvgIpc) is 3.58. The molecule has 260 valence electrons. The van der Waals surface area contributed by atoms with Gasteiger partial charge in [-0.15, -0.1) is 0 Å². The molecule has 2 aliphatic heterocycles. The molecule has 13 heteroatoms. The van der Waals surface area contributed by atoms with Gasteiger partial charge in [-0.25, -0.2) is 4.90 Å². The summed E-state index contributed by atoms with van der Waals surface area (Å²) in [5.41, 5.74) is 2.59. The van der Waals surface area contributed by atoms with Gasteiger partial charge in [0.25, 0.3) is 5.24 Å². The number of nitrogens with one attached hydrogen (secondary N) is 1. The molecule has 2 aliphatic rings. The number of aliphatic hydroxyl groups is 2. The number of halogens is 1. The van der Waals surface area contributed by atoms with E-state index in [0.717, 1.165) is 33.4 Å². The van der Waals surface area contributed by atoms with Gasteiger partial charge < -0.3 is 29.7 Å². The predicted molar refractivity (Wildman–Crippen MR) is 194 cm³/mol. The first-order valence-electron chi connectivity index (χ1n) is 15.9. The Bertz CT molecular complexity index is 1840. The Kier molecular flexibility index (Phi) is 11.6. The molecule has 3 N–H and O–H groups in total. The lowest BCUT2D eigenvalue weighted by atomic mass is 10.1. The fourth-order valence-electron chi connectivity index (χ4n) is 5.73. The highest BCUT2D eigenvalue weighted by molar-refractivity contribution is 8.15. The predicted octanol–water partition coefficient (Wildman–Crippen LogP) is 5.94. The summed E-state index contributed by atoms with van der Waals surface area (Å²) in [6, 6.07) is 27.2. The Morgan fingerprint density at radius 1 is 0.860 bits per heavy atom. The van der Waals surface area contributed by atoms with Crippen LogP contribution in [-0.4, -0.2) is 63.6 Å². The molecule has 10 nitrogen and oxygen atoms in total. The van der Waals surface area contributed by atoms with Crippen LogP contribution in [0.4, 0.5) is 10.5 Å². The van der Waals surface area contributed by atoms with E-state index in [1.54, 1.807) is 30.3 Å². The number of aliphatic hydroxyl groups excluding tert-OH is 2. The number of hydrogen-bond acceptors (Lipinski definition) is 10. The molecule has 6 rings (SSSR count). The zero-order valence-electron chi connectivity index (χ0n) is 27.0. The number of amides is 3. The van der Waals surface area contributed by atoms with E-state index >= 15 is 0 Å². The smallest absolute Gasteiger partial charge is 0.293 e. The van der Waals surface area contributed by atoms with E-state index in [1.165, 1.54) is 18.9 Å². The zero-order valence-corrected chi connectivity index (χ0v) is 29.4. The van der Waals surface area contributed by atoms with Gasteiger partial charge in [-0.05, 0) is 72.0 Å². The molecule has 2 saturated heterocycles. The number of para-hydroxylation sites is 1. The van der Waals surface area contributed by atoms with E-state index in [9.17, 15) is 24.6 Å². The van der Waals surface area contributed by atoms with Crippen LogP contribution < -0.4 is 24.4 Å². The SMILES string of the molecule is COc1c(C(O)COc2ccc(CC3SC(O)NC3=O)cc2)cccc1N1C(=O)SC(Cc2ccc(OCCc3cccc(Cl)c3)cc2)C1=O. The molecule has 0 aliphatic carbocycles. The molecular formula is C37H35ClN2O8S2. The number of rotatable bonds is 14. The van der Waals surface area contributed by atoms with Crippen molar-refractivity contribution in [3.8, 4) is 17.2 Å². The lowest BCUT2D eigenvalue weighted by Crippen LogP contribution is -2.32. The Morgan fingerprint density at radius 2 is 1.52 bits per heavy atom. The molecule has 4 aromatic rings. The van der Waals surface area contributed by atoms with E-state index in [4.69, 9.17) is 25.8 Å². The molecule has 2 fully saturated rings. The van der Waals surface area contributed by atoms with Gasteiger partial charge in [-0.3, -0.25) is 14.4 Å². The molecule has 0 radical (unpaired) electrons. The number of hydrogen-bond donors (Lipinski definition) is 3. The van der Waals surface area contributed by atoms with Gasteiger partial charge in [-0.2, -0.15) is 0 Å². The van der Waals surface area contributed by atoms with Crippen molar-refractivity contribution in [3.05, 3.63) is 118 Å². The number of nitrogens with zero attached hydrogens (tertiary/aromatic N) is 1. The molecule has 50 heavy (non-hydrogen) atoms. The minimum atomic E-state index is -1.13. The molecule has 0 saturated carbocycles. The second-order valence-electron chi connectivity index (χ2n) is 11.7. The van der Waals surface area contributed by atoms with Crippen LogP contribution in [0, 0.1) is 0 Å². The molecule has 2 heterocycles. The quantitative estimate of drug-likeness (QED) is 0.143. The van der Waals surface area contributed by atoms with E-state index in [1.807, 2.05) is 60.7 Å². The van der Waals surface area contributed by atoms with Gasteiger partial charge >= 0.3 is 0 Å². The van der Waals surface area contributed by atoms with Crippen LogP contribution in [0.15, 0.2) is 91.0 Å². The van der Waals surface area contributed by atoms with E-state index < -0.39 is 22.2 Å². The Labute approximate surface area is 303 Å². The second kappa shape index (κ2) is 16.2. The third-order valence-corrected chi connectivity index (χ3v) is 10.6. The van der Waals surface area contributed by atoms with Gasteiger partial charge in [0, 0.05) is 17.0 Å². The minimum absolute atomic E-state index is 0.119. The van der Waals surface area contributed by atoms with Crippen molar-refractivity contribution in [3.63, 3.8) is 0 Å². The number of methoxy groups -OCH3 is 1. The van der Waals surface area contributed by atoms with Crippen molar-refractivity contribution in [2.24, 2.45) is 0 Å². The lowest BCUT2D eigenvalue weighted by Gasteiger charge is -2.22. The summed E-state index contributed by atoms with van der Waals surface area (Å²) in [5.74, 6) is 0.844. The van der Waals surface area contributed by atoms with Crippen LogP contribution in [0.3, 0.4) is 0 Å². The van der Waals surface area contributed by atoms with Crippen LogP contribution in [-0.2, 0) is 28.9 Å². The van der Waals surface area contributed by atoms with E-state index in [-0.39, 0.29) is 35.1 Å². The summed E-state index contributed by atoms with van der Waals surface area (Å²) < 4.78 is 17.4. The van der Waals surface area contributed by atoms with Crippen molar-refractivity contribution in [1.82, 2.24) is 5.32 Å². The summed E-state index contributed by atoms with van der Waals surface area (Å²) in [4.78, 5) is 39.8. The highest BCUT2D eigenvalue weighted by atomic mass is 35.5. The monoisotopic (exact) mass is 734 g/mol. The summed E-state index contributed by atoms with van der Waals surface area (Å²) in [6.07, 6.45) is 0.389. The van der Waals surface area contributed by atoms with Crippen LogP contribution in [0.1, 0.15) is 28.4 Å². The van der Waals surface area contributed by atoms with E-state index in [2.05, 4.69) is 5.32 Å². The van der Waals surface area contributed by atoms with Gasteiger partial charge in [-0.1, -0.05) is 83.7 Å². The van der Waals surface area contributed by atoms with Crippen molar-refractivity contribution < 1.29 is 38.8 Å². The first kappa shape index (κ1) is 35.6. The molecule has 0 bridgehead atoms. The molecule has 4 unspecified atom stereocenters. The van der Waals surface area contributed by atoms with Crippen molar-refractivity contribution >= 4 is 57.9 Å². The first-order chi connectivity index (χ1) is 24.2. The molecular weight excluding hydrogens is 700 g/mol. The maximum atomic E-state index is 13.6. The number of imide groups is 1. The first-order valence-corrected chi connectivity index (χ1v) is 18.1. The summed E-state index contributed by atoms with van der Waals surface area (Å²) >= 11 is 8.18. The number of carbonyl (C=O) groups is 3. The molecule has 4 atom stereocenters. The van der Waals surface area contributed by atoms with Crippen LogP contribution in [0.5, 0.6) is 17.2 Å². The van der Waals surface area contributed by atoms with Gasteiger partial charge in [0.05, 0.1) is 29.9 Å². The van der Waals surface area contributed by atoms with Crippen LogP contribution >= 0.6 is 35.1 Å². The third kappa shape index (κ3) is 8.56. The Morgan fingerprint density at radius 3 is 2.16 bits per heavy atom. The molecule has 3 amide bonds. The zero-order chi connectivity index (χ0) is 35.2. The molecule has 0 aromatic heterocycles. The van der Waals surface area contributed by atoms with Gasteiger partial charge in [0.2, 0.25) is 11.8 Å². The van der Waals surface area contributed by atoms with Gasteiger partial charge in [0.1, 0.15) is 30.0 Å². The fraction of sp³-hybridized carbons (Fsp3) is 0.270. The lowest BCUT2D eigenvalue weighted by molar-refractivity contribution is -0.121. The number of anilines is 1.